The molecule has 0 radical (unpaired) electrons. The fourth-order valence-corrected chi connectivity index (χ4v) is 1.72. The van der Waals surface area contributed by atoms with Crippen LogP contribution in [0.25, 0.3) is 11.3 Å². The number of aromatic nitrogens is 2. The maximum absolute atomic E-state index is 10.6. The number of carboxylic acid groups (broad SMARTS) is 1. The van der Waals surface area contributed by atoms with Crippen LogP contribution in [-0.4, -0.2) is 20.9 Å². The molecule has 82 valence electrons. The molecule has 0 spiro atoms. The Balaban J connectivity index is 2.36. The lowest BCUT2D eigenvalue weighted by atomic mass is 10.1. The summed E-state index contributed by atoms with van der Waals surface area (Å²) >= 11 is 3.35. The molecule has 0 saturated heterocycles. The van der Waals surface area contributed by atoms with Gasteiger partial charge in [0.1, 0.15) is 6.54 Å². The minimum Gasteiger partial charge on any atom is -0.480 e. The Morgan fingerprint density at radius 1 is 1.31 bits per heavy atom. The van der Waals surface area contributed by atoms with Crippen molar-refractivity contribution in [2.75, 3.05) is 0 Å². The van der Waals surface area contributed by atoms with Gasteiger partial charge < -0.3 is 5.11 Å². The molecule has 0 saturated carbocycles. The van der Waals surface area contributed by atoms with Crippen LogP contribution in [0.4, 0.5) is 0 Å². The minimum absolute atomic E-state index is 0.127. The molecular formula is C11H9BrN2O2. The largest absolute Gasteiger partial charge is 0.480 e. The summed E-state index contributed by atoms with van der Waals surface area (Å²) in [5, 5.41) is 12.7. The highest BCUT2D eigenvalue weighted by molar-refractivity contribution is 9.10. The van der Waals surface area contributed by atoms with Crippen molar-refractivity contribution in [3.05, 3.63) is 41.0 Å². The molecule has 0 aliphatic rings. The average molecular weight is 281 g/mol. The summed E-state index contributed by atoms with van der Waals surface area (Å²) in [5.74, 6) is -0.901. The van der Waals surface area contributed by atoms with Crippen LogP contribution in [0.2, 0.25) is 0 Å². The van der Waals surface area contributed by atoms with Crippen LogP contribution in [0.1, 0.15) is 0 Å². The molecule has 0 aliphatic heterocycles. The first kappa shape index (κ1) is 10.9. The molecule has 0 fully saturated rings. The molecule has 1 aromatic carbocycles. The molecule has 16 heavy (non-hydrogen) atoms. The first-order valence-corrected chi connectivity index (χ1v) is 5.45. The van der Waals surface area contributed by atoms with E-state index in [2.05, 4.69) is 21.0 Å². The lowest BCUT2D eigenvalue weighted by Gasteiger charge is -2.04. The number of hydrogen-bond acceptors (Lipinski definition) is 2. The molecule has 0 unspecified atom stereocenters. The predicted molar refractivity (Wildman–Crippen MR) is 63.0 cm³/mol. The van der Waals surface area contributed by atoms with Crippen LogP contribution in [-0.2, 0) is 11.3 Å². The molecule has 1 heterocycles. The topological polar surface area (TPSA) is 55.1 Å². The second-order valence-corrected chi connectivity index (χ2v) is 4.19. The average Bonchev–Trinajstić information content (AvgIpc) is 2.66. The molecule has 0 bridgehead atoms. The first-order chi connectivity index (χ1) is 7.66. The quantitative estimate of drug-likeness (QED) is 0.939. The van der Waals surface area contributed by atoms with Crippen LogP contribution in [0.15, 0.2) is 41.0 Å². The summed E-state index contributed by atoms with van der Waals surface area (Å²) in [4.78, 5) is 10.6. The van der Waals surface area contributed by atoms with Crippen molar-refractivity contribution in [3.63, 3.8) is 0 Å². The van der Waals surface area contributed by atoms with Gasteiger partial charge in [-0.25, -0.2) is 0 Å². The minimum atomic E-state index is -0.901. The van der Waals surface area contributed by atoms with Gasteiger partial charge in [0, 0.05) is 10.7 Å². The molecule has 1 aromatic heterocycles. The van der Waals surface area contributed by atoms with Crippen molar-refractivity contribution in [2.45, 2.75) is 6.54 Å². The van der Waals surface area contributed by atoms with E-state index < -0.39 is 5.97 Å². The molecule has 5 heteroatoms. The zero-order valence-corrected chi connectivity index (χ0v) is 9.89. The lowest BCUT2D eigenvalue weighted by Crippen LogP contribution is -2.11. The van der Waals surface area contributed by atoms with Gasteiger partial charge in [-0.3, -0.25) is 9.48 Å². The molecular weight excluding hydrogens is 272 g/mol. The van der Waals surface area contributed by atoms with E-state index in [4.69, 9.17) is 5.11 Å². The second-order valence-electron chi connectivity index (χ2n) is 3.27. The third-order valence-corrected chi connectivity index (χ3v) is 2.67. The van der Waals surface area contributed by atoms with E-state index in [9.17, 15) is 4.79 Å². The predicted octanol–water partition coefficient (Wildman–Crippen LogP) is 2.40. The number of aliphatic carboxylic acids is 1. The summed E-state index contributed by atoms with van der Waals surface area (Å²) in [6.07, 6.45) is 1.60. The maximum atomic E-state index is 10.6. The zero-order valence-electron chi connectivity index (χ0n) is 8.30. The van der Waals surface area contributed by atoms with E-state index in [1.807, 2.05) is 24.3 Å². The fourth-order valence-electron chi connectivity index (χ4n) is 1.45. The number of carboxylic acids is 1. The SMILES string of the molecule is O=C(O)Cn1nccc1-c1ccc(Br)cc1. The third kappa shape index (κ3) is 2.30. The van der Waals surface area contributed by atoms with Crippen molar-refractivity contribution in [3.8, 4) is 11.3 Å². The standard InChI is InChI=1S/C11H9BrN2O2/c12-9-3-1-8(2-4-9)10-5-6-13-14(10)7-11(15)16/h1-6H,7H2,(H,15,16). The monoisotopic (exact) mass is 280 g/mol. The number of benzene rings is 1. The number of hydrogen-bond donors (Lipinski definition) is 1. The highest BCUT2D eigenvalue weighted by Gasteiger charge is 2.07. The third-order valence-electron chi connectivity index (χ3n) is 2.14. The van der Waals surface area contributed by atoms with Crippen LogP contribution in [0.5, 0.6) is 0 Å². The molecule has 0 atom stereocenters. The van der Waals surface area contributed by atoms with E-state index in [1.165, 1.54) is 4.68 Å². The zero-order chi connectivity index (χ0) is 11.5. The number of nitrogens with zero attached hydrogens (tertiary/aromatic N) is 2. The smallest absolute Gasteiger partial charge is 0.325 e. The van der Waals surface area contributed by atoms with Crippen LogP contribution < -0.4 is 0 Å². The van der Waals surface area contributed by atoms with Gasteiger partial charge in [-0.1, -0.05) is 28.1 Å². The summed E-state index contributed by atoms with van der Waals surface area (Å²) in [6, 6.07) is 9.45. The molecule has 2 aromatic rings. The van der Waals surface area contributed by atoms with Gasteiger partial charge in [0.2, 0.25) is 0 Å². The van der Waals surface area contributed by atoms with Crippen molar-refractivity contribution in [1.29, 1.82) is 0 Å². The van der Waals surface area contributed by atoms with Gasteiger partial charge >= 0.3 is 5.97 Å². The summed E-state index contributed by atoms with van der Waals surface area (Å²) in [6.45, 7) is -0.127. The molecule has 0 aliphatic carbocycles. The molecule has 0 amide bonds. The maximum Gasteiger partial charge on any atom is 0.325 e. The number of rotatable bonds is 3. The Morgan fingerprint density at radius 2 is 2.00 bits per heavy atom. The van der Waals surface area contributed by atoms with Gasteiger partial charge in [0.25, 0.3) is 0 Å². The van der Waals surface area contributed by atoms with Crippen LogP contribution >= 0.6 is 15.9 Å². The Hall–Kier alpha value is -1.62. The van der Waals surface area contributed by atoms with Crippen LogP contribution in [0, 0.1) is 0 Å². The van der Waals surface area contributed by atoms with E-state index in [0.29, 0.717) is 0 Å². The van der Waals surface area contributed by atoms with E-state index in [0.717, 1.165) is 15.7 Å². The molecule has 2 rings (SSSR count). The summed E-state index contributed by atoms with van der Waals surface area (Å²) < 4.78 is 2.45. The van der Waals surface area contributed by atoms with Crippen molar-refractivity contribution < 1.29 is 9.90 Å². The van der Waals surface area contributed by atoms with E-state index >= 15 is 0 Å². The van der Waals surface area contributed by atoms with Crippen LogP contribution in [0.3, 0.4) is 0 Å². The van der Waals surface area contributed by atoms with Crippen molar-refractivity contribution >= 4 is 21.9 Å². The fraction of sp³-hybridized carbons (Fsp3) is 0.0909. The normalized spacial score (nSPS) is 10.3. The van der Waals surface area contributed by atoms with Gasteiger partial charge in [-0.05, 0) is 23.8 Å². The highest BCUT2D eigenvalue weighted by atomic mass is 79.9. The first-order valence-electron chi connectivity index (χ1n) is 4.66. The molecule has 1 N–H and O–H groups in total. The van der Waals surface area contributed by atoms with Gasteiger partial charge in [-0.15, -0.1) is 0 Å². The number of carbonyl (C=O) groups is 1. The van der Waals surface area contributed by atoms with Gasteiger partial charge in [-0.2, -0.15) is 5.10 Å². The Labute approximate surface area is 101 Å². The van der Waals surface area contributed by atoms with Gasteiger partial charge in [0.05, 0.1) is 5.69 Å². The Bertz CT molecular complexity index is 505. The Kier molecular flexibility index (Phi) is 3.05. The van der Waals surface area contributed by atoms with Crippen molar-refractivity contribution in [1.82, 2.24) is 9.78 Å². The van der Waals surface area contributed by atoms with E-state index in [-0.39, 0.29) is 6.54 Å². The summed E-state index contributed by atoms with van der Waals surface area (Å²) in [7, 11) is 0. The van der Waals surface area contributed by atoms with Crippen molar-refractivity contribution in [2.24, 2.45) is 0 Å². The Morgan fingerprint density at radius 3 is 2.62 bits per heavy atom. The van der Waals surface area contributed by atoms with E-state index in [1.54, 1.807) is 12.3 Å². The van der Waals surface area contributed by atoms with Gasteiger partial charge in [0.15, 0.2) is 0 Å². The highest BCUT2D eigenvalue weighted by Crippen LogP contribution is 2.21. The number of halogens is 1. The summed E-state index contributed by atoms with van der Waals surface area (Å²) in [5.41, 5.74) is 1.75. The molecule has 4 nitrogen and oxygen atoms in total. The lowest BCUT2D eigenvalue weighted by molar-refractivity contribution is -0.137. The second kappa shape index (κ2) is 4.49.